The summed E-state index contributed by atoms with van der Waals surface area (Å²) in [5.41, 5.74) is 3.47. The monoisotopic (exact) mass is 442 g/mol. The number of hydrogen-bond donors (Lipinski definition) is 1. The van der Waals surface area contributed by atoms with E-state index in [-0.39, 0.29) is 12.3 Å². The molecule has 0 aliphatic carbocycles. The number of benzene rings is 1. The van der Waals surface area contributed by atoms with Gasteiger partial charge in [0.05, 0.1) is 18.9 Å². The van der Waals surface area contributed by atoms with Crippen molar-refractivity contribution in [2.24, 2.45) is 0 Å². The first kappa shape index (κ1) is 22.5. The quantitative estimate of drug-likeness (QED) is 0.385. The summed E-state index contributed by atoms with van der Waals surface area (Å²) >= 11 is 0. The van der Waals surface area contributed by atoms with Crippen molar-refractivity contribution in [1.82, 2.24) is 10.2 Å². The van der Waals surface area contributed by atoms with Gasteiger partial charge in [0.15, 0.2) is 5.94 Å². The summed E-state index contributed by atoms with van der Waals surface area (Å²) < 4.78 is 26.7. The zero-order valence-corrected chi connectivity index (χ0v) is 17.8. The van der Waals surface area contributed by atoms with Gasteiger partial charge in [-0.2, -0.15) is 8.42 Å². The van der Waals surface area contributed by atoms with E-state index in [0.29, 0.717) is 43.6 Å². The molecule has 1 unspecified atom stereocenters. The molecule has 0 saturated carbocycles. The molecular formula is C22H22N2O6S. The van der Waals surface area contributed by atoms with E-state index < -0.39 is 16.2 Å². The van der Waals surface area contributed by atoms with Gasteiger partial charge in [0.25, 0.3) is 10.1 Å². The van der Waals surface area contributed by atoms with Gasteiger partial charge < -0.3 is 10.2 Å². The van der Waals surface area contributed by atoms with Crippen LogP contribution >= 0.6 is 0 Å². The second-order valence-corrected chi connectivity index (χ2v) is 8.94. The second kappa shape index (κ2) is 9.75. The van der Waals surface area contributed by atoms with Crippen LogP contribution in [0.3, 0.4) is 0 Å². The number of allylic oxidation sites excluding steroid dienone is 2. The van der Waals surface area contributed by atoms with Gasteiger partial charge in [0, 0.05) is 18.5 Å². The number of nitrogens with zero attached hydrogens (tertiary/aromatic N) is 1. The van der Waals surface area contributed by atoms with Crippen molar-refractivity contribution in [1.29, 1.82) is 0 Å². The third-order valence-electron chi connectivity index (χ3n) is 5.19. The average Bonchev–Trinajstić information content (AvgIpc) is 3.14. The van der Waals surface area contributed by atoms with Crippen molar-refractivity contribution >= 4 is 39.7 Å². The Balaban J connectivity index is 1.77. The largest absolute Gasteiger partial charge is 0.348 e. The third kappa shape index (κ3) is 5.30. The van der Waals surface area contributed by atoms with Crippen LogP contribution in [0.15, 0.2) is 35.7 Å². The molecule has 1 atom stereocenters. The summed E-state index contributed by atoms with van der Waals surface area (Å²) in [5, 5.41) is 2.76. The van der Waals surface area contributed by atoms with E-state index in [1.165, 1.54) is 0 Å². The molecule has 162 valence electrons. The van der Waals surface area contributed by atoms with Crippen LogP contribution in [-0.2, 0) is 35.2 Å². The van der Waals surface area contributed by atoms with Gasteiger partial charge in [-0.1, -0.05) is 30.4 Å². The zero-order chi connectivity index (χ0) is 22.4. The molecule has 0 radical (unpaired) electrons. The lowest BCUT2D eigenvalue weighted by atomic mass is 10.0. The first-order valence-corrected chi connectivity index (χ1v) is 11.6. The number of carbonyl (C=O) groups excluding carboxylic acids is 3. The Hall–Kier alpha value is -3.18. The van der Waals surface area contributed by atoms with E-state index in [1.54, 1.807) is 5.94 Å². The second-order valence-electron chi connectivity index (χ2n) is 7.30. The fourth-order valence-corrected chi connectivity index (χ4v) is 4.20. The molecule has 0 aromatic heterocycles. The van der Waals surface area contributed by atoms with E-state index >= 15 is 0 Å². The van der Waals surface area contributed by atoms with E-state index in [1.807, 2.05) is 47.1 Å². The minimum absolute atomic E-state index is 0.120. The number of fused-ring (bicyclic) bond motifs is 1. The molecule has 31 heavy (non-hydrogen) atoms. The molecule has 1 fully saturated rings. The lowest BCUT2D eigenvalue weighted by Gasteiger charge is -2.33. The van der Waals surface area contributed by atoms with Gasteiger partial charge in [-0.05, 0) is 30.4 Å². The van der Waals surface area contributed by atoms with Gasteiger partial charge in [-0.15, -0.1) is 0 Å². The van der Waals surface area contributed by atoms with Crippen LogP contribution < -0.4 is 5.32 Å². The summed E-state index contributed by atoms with van der Waals surface area (Å²) in [6.45, 7) is 0.532. The molecule has 2 heterocycles. The Morgan fingerprint density at radius 3 is 2.71 bits per heavy atom. The predicted molar refractivity (Wildman–Crippen MR) is 115 cm³/mol. The highest BCUT2D eigenvalue weighted by atomic mass is 32.2. The smallest absolute Gasteiger partial charge is 0.264 e. The van der Waals surface area contributed by atoms with Gasteiger partial charge >= 0.3 is 0 Å². The van der Waals surface area contributed by atoms with Gasteiger partial charge in [0.1, 0.15) is 29.0 Å². The summed E-state index contributed by atoms with van der Waals surface area (Å²) in [4.78, 5) is 36.0. The van der Waals surface area contributed by atoms with Crippen LogP contribution in [0.4, 0.5) is 0 Å². The van der Waals surface area contributed by atoms with E-state index in [2.05, 4.69) is 5.32 Å². The lowest BCUT2D eigenvalue weighted by Crippen LogP contribution is -2.41. The number of unbranched alkanes of at least 4 members (excludes halogenated alkanes) is 1. The number of nitrogens with one attached hydrogen (secondary N) is 1. The molecule has 1 saturated heterocycles. The maximum absolute atomic E-state index is 11.8. The standard InChI is InChI=1S/C22H22N2O6S/c1-31(28,29)30-11-4-2-3-6-16-7-5-8-18-19(16)12-24(22(18)15-27)21-10-9-17(13-25)23-20(21)14-26/h3,5-8,21,23H,2,4,9-12H2,1H3/b6-3+. The fraction of sp³-hybridized carbons (Fsp3) is 0.364. The molecule has 2 aliphatic rings. The van der Waals surface area contributed by atoms with Crippen LogP contribution in [0.5, 0.6) is 0 Å². The normalized spacial score (nSPS) is 18.4. The van der Waals surface area contributed by atoms with Crippen LogP contribution in [0.2, 0.25) is 0 Å². The van der Waals surface area contributed by atoms with E-state index in [4.69, 9.17) is 4.18 Å². The maximum atomic E-state index is 11.8. The van der Waals surface area contributed by atoms with E-state index in [0.717, 1.165) is 22.9 Å². The first-order valence-electron chi connectivity index (χ1n) is 9.79. The van der Waals surface area contributed by atoms with Crippen LogP contribution in [0.25, 0.3) is 11.8 Å². The summed E-state index contributed by atoms with van der Waals surface area (Å²) in [7, 11) is -3.44. The number of hydrogen-bond acceptors (Lipinski definition) is 8. The number of piperidine rings is 1. The Morgan fingerprint density at radius 1 is 1.23 bits per heavy atom. The Labute approximate surface area is 180 Å². The summed E-state index contributed by atoms with van der Waals surface area (Å²) in [6, 6.07) is 5.19. The lowest BCUT2D eigenvalue weighted by molar-refractivity contribution is 0.297. The van der Waals surface area contributed by atoms with Crippen molar-refractivity contribution in [3.8, 4) is 0 Å². The highest BCUT2D eigenvalue weighted by Crippen LogP contribution is 2.38. The molecule has 2 aliphatic heterocycles. The molecule has 1 aromatic rings. The van der Waals surface area contributed by atoms with Crippen molar-refractivity contribution in [3.05, 3.63) is 52.4 Å². The average molecular weight is 442 g/mol. The highest BCUT2D eigenvalue weighted by Gasteiger charge is 2.36. The molecule has 1 aromatic carbocycles. The molecular weight excluding hydrogens is 420 g/mol. The van der Waals surface area contributed by atoms with E-state index in [9.17, 15) is 22.8 Å². The predicted octanol–water partition coefficient (Wildman–Crippen LogP) is 1.63. The summed E-state index contributed by atoms with van der Waals surface area (Å²) in [5.74, 6) is 5.63. The molecule has 0 amide bonds. The van der Waals surface area contributed by atoms with Crippen molar-refractivity contribution in [3.63, 3.8) is 0 Å². The molecule has 1 N–H and O–H groups in total. The first-order chi connectivity index (χ1) is 14.9. The fourth-order valence-electron chi connectivity index (χ4n) is 3.78. The van der Waals surface area contributed by atoms with Crippen LogP contribution in [0, 0.1) is 0 Å². The van der Waals surface area contributed by atoms with Crippen molar-refractivity contribution in [2.45, 2.75) is 38.3 Å². The third-order valence-corrected chi connectivity index (χ3v) is 5.78. The topological polar surface area (TPSA) is 110 Å². The van der Waals surface area contributed by atoms with Gasteiger partial charge in [-0.3, -0.25) is 4.18 Å². The number of rotatable bonds is 7. The molecule has 0 bridgehead atoms. The molecule has 9 heteroatoms. The summed E-state index contributed by atoms with van der Waals surface area (Å²) in [6.07, 6.45) is 6.95. The van der Waals surface area contributed by atoms with Crippen LogP contribution in [-0.4, -0.2) is 50.0 Å². The molecule has 0 spiro atoms. The van der Waals surface area contributed by atoms with Gasteiger partial charge in [-0.25, -0.2) is 14.4 Å². The Morgan fingerprint density at radius 2 is 2.03 bits per heavy atom. The maximum Gasteiger partial charge on any atom is 0.264 e. The Kier molecular flexibility index (Phi) is 7.08. The minimum Gasteiger partial charge on any atom is -0.348 e. The van der Waals surface area contributed by atoms with Crippen LogP contribution in [0.1, 0.15) is 42.4 Å². The minimum atomic E-state index is -3.44. The highest BCUT2D eigenvalue weighted by molar-refractivity contribution is 7.85. The van der Waals surface area contributed by atoms with Gasteiger partial charge in [0.2, 0.25) is 0 Å². The van der Waals surface area contributed by atoms with Crippen molar-refractivity contribution in [2.75, 3.05) is 12.9 Å². The zero-order valence-electron chi connectivity index (χ0n) is 17.0. The Bertz CT molecular complexity index is 1150. The van der Waals surface area contributed by atoms with Crippen molar-refractivity contribution < 1.29 is 27.0 Å². The SMILES string of the molecule is CS(=O)(=O)OCCC/C=C/c1cccc2c1CN(C1CCC(=C=O)NC1=C=O)C2=C=O. The molecule has 8 nitrogen and oxygen atoms in total. The molecule has 3 rings (SSSR count).